The van der Waals surface area contributed by atoms with Gasteiger partial charge in [0.2, 0.25) is 5.91 Å². The van der Waals surface area contributed by atoms with Gasteiger partial charge in [-0.25, -0.2) is 9.37 Å². The normalized spacial score (nSPS) is 14.9. The Morgan fingerprint density at radius 1 is 1.23 bits per heavy atom. The number of benzene rings is 1. The number of aryl methyl sites for hydroxylation is 1. The minimum absolute atomic E-state index is 0.199. The molecular weight excluding hydrogens is 351 g/mol. The van der Waals surface area contributed by atoms with Crippen molar-refractivity contribution in [3.8, 4) is 0 Å². The number of hydrogen-bond acceptors (Lipinski definition) is 5. The van der Waals surface area contributed by atoms with Crippen molar-refractivity contribution in [3.63, 3.8) is 0 Å². The average Bonchev–Trinajstić information content (AvgIpc) is 3.05. The topological polar surface area (TPSA) is 39.7 Å². The summed E-state index contributed by atoms with van der Waals surface area (Å²) in [4.78, 5) is 23.2. The fraction of sp³-hybridized carbons (Fsp3) is 0.474. The van der Waals surface area contributed by atoms with E-state index in [2.05, 4.69) is 20.2 Å². The van der Waals surface area contributed by atoms with Crippen LogP contribution >= 0.6 is 11.3 Å². The molecule has 1 aliphatic rings. The standard InChI is InChI=1S/C19H25FN4OS/c1-15-21-17(14-26-15)13-22(2)8-7-19(25)24-11-9-23(10-12-24)18-5-3-16(20)4-6-18/h3-6,14H,7-13H2,1-2H3. The molecule has 2 heterocycles. The van der Waals surface area contributed by atoms with Gasteiger partial charge in [-0.1, -0.05) is 0 Å². The Bertz CT molecular complexity index is 725. The molecule has 2 aromatic rings. The minimum atomic E-state index is -0.223. The second-order valence-corrected chi connectivity index (χ2v) is 7.75. The Hall–Kier alpha value is -1.99. The van der Waals surface area contributed by atoms with Crippen LogP contribution in [-0.2, 0) is 11.3 Å². The van der Waals surface area contributed by atoms with Crippen LogP contribution in [0.2, 0.25) is 0 Å². The third-order valence-electron chi connectivity index (χ3n) is 4.63. The van der Waals surface area contributed by atoms with E-state index >= 15 is 0 Å². The van der Waals surface area contributed by atoms with Crippen molar-refractivity contribution in [2.24, 2.45) is 0 Å². The number of hydrogen-bond donors (Lipinski definition) is 0. The SMILES string of the molecule is Cc1nc(CN(C)CCC(=O)N2CCN(c3ccc(F)cc3)CC2)cs1. The second kappa shape index (κ2) is 8.60. The third-order valence-corrected chi connectivity index (χ3v) is 5.45. The monoisotopic (exact) mass is 376 g/mol. The van der Waals surface area contributed by atoms with E-state index in [-0.39, 0.29) is 11.7 Å². The summed E-state index contributed by atoms with van der Waals surface area (Å²) < 4.78 is 13.0. The lowest BCUT2D eigenvalue weighted by Gasteiger charge is -2.36. The van der Waals surface area contributed by atoms with E-state index in [0.717, 1.165) is 42.6 Å². The number of halogens is 1. The number of anilines is 1. The Morgan fingerprint density at radius 2 is 1.92 bits per heavy atom. The maximum Gasteiger partial charge on any atom is 0.223 e. The Kier molecular flexibility index (Phi) is 6.21. The highest BCUT2D eigenvalue weighted by Gasteiger charge is 2.21. The van der Waals surface area contributed by atoms with Gasteiger partial charge in [-0.15, -0.1) is 11.3 Å². The lowest BCUT2D eigenvalue weighted by atomic mass is 10.2. The first-order valence-corrected chi connectivity index (χ1v) is 9.77. The highest BCUT2D eigenvalue weighted by molar-refractivity contribution is 7.09. The van der Waals surface area contributed by atoms with Crippen LogP contribution in [0.15, 0.2) is 29.6 Å². The number of thiazole rings is 1. The van der Waals surface area contributed by atoms with E-state index in [4.69, 9.17) is 0 Å². The minimum Gasteiger partial charge on any atom is -0.368 e. The molecule has 5 nitrogen and oxygen atoms in total. The van der Waals surface area contributed by atoms with Gasteiger partial charge in [-0.3, -0.25) is 4.79 Å². The summed E-state index contributed by atoms with van der Waals surface area (Å²) in [6.45, 7) is 6.50. The summed E-state index contributed by atoms with van der Waals surface area (Å²) in [5, 5.41) is 3.14. The predicted octanol–water partition coefficient (Wildman–Crippen LogP) is 2.76. The van der Waals surface area contributed by atoms with Gasteiger partial charge < -0.3 is 14.7 Å². The summed E-state index contributed by atoms with van der Waals surface area (Å²) in [7, 11) is 2.02. The number of nitrogens with zero attached hydrogens (tertiary/aromatic N) is 4. The van der Waals surface area contributed by atoms with Gasteiger partial charge >= 0.3 is 0 Å². The molecule has 26 heavy (non-hydrogen) atoms. The zero-order valence-corrected chi connectivity index (χ0v) is 16.1. The molecule has 0 atom stereocenters. The van der Waals surface area contributed by atoms with E-state index in [1.807, 2.05) is 18.9 Å². The van der Waals surface area contributed by atoms with Crippen molar-refractivity contribution in [1.82, 2.24) is 14.8 Å². The summed E-state index contributed by atoms with van der Waals surface area (Å²) in [6, 6.07) is 6.54. The fourth-order valence-electron chi connectivity index (χ4n) is 3.15. The summed E-state index contributed by atoms with van der Waals surface area (Å²) >= 11 is 1.65. The molecule has 1 amide bonds. The van der Waals surface area contributed by atoms with Crippen LogP contribution in [-0.4, -0.2) is 60.5 Å². The highest BCUT2D eigenvalue weighted by atomic mass is 32.1. The van der Waals surface area contributed by atoms with E-state index in [1.54, 1.807) is 23.5 Å². The molecule has 7 heteroatoms. The van der Waals surface area contributed by atoms with Crippen molar-refractivity contribution in [2.75, 3.05) is 44.7 Å². The molecule has 1 aromatic heterocycles. The van der Waals surface area contributed by atoms with Gasteiger partial charge in [0.15, 0.2) is 0 Å². The number of amides is 1. The molecule has 1 fully saturated rings. The molecule has 3 rings (SSSR count). The maximum absolute atomic E-state index is 13.0. The first-order chi connectivity index (χ1) is 12.5. The van der Waals surface area contributed by atoms with Crippen molar-refractivity contribution < 1.29 is 9.18 Å². The van der Waals surface area contributed by atoms with Crippen molar-refractivity contribution in [3.05, 3.63) is 46.2 Å². The van der Waals surface area contributed by atoms with E-state index in [0.29, 0.717) is 19.5 Å². The maximum atomic E-state index is 13.0. The van der Waals surface area contributed by atoms with Crippen molar-refractivity contribution >= 4 is 22.9 Å². The molecule has 0 spiro atoms. The number of carbonyl (C=O) groups is 1. The summed E-state index contributed by atoms with van der Waals surface area (Å²) in [5.41, 5.74) is 2.08. The number of rotatable bonds is 6. The van der Waals surface area contributed by atoms with Crippen LogP contribution < -0.4 is 4.90 Å². The largest absolute Gasteiger partial charge is 0.368 e. The fourth-order valence-corrected chi connectivity index (χ4v) is 3.75. The smallest absolute Gasteiger partial charge is 0.223 e. The van der Waals surface area contributed by atoms with E-state index < -0.39 is 0 Å². The molecule has 0 unspecified atom stereocenters. The Morgan fingerprint density at radius 3 is 2.54 bits per heavy atom. The second-order valence-electron chi connectivity index (χ2n) is 6.69. The van der Waals surface area contributed by atoms with Crippen LogP contribution in [0.4, 0.5) is 10.1 Å². The predicted molar refractivity (Wildman–Crippen MR) is 103 cm³/mol. The van der Waals surface area contributed by atoms with Crippen LogP contribution in [0.1, 0.15) is 17.1 Å². The van der Waals surface area contributed by atoms with Gasteiger partial charge in [0, 0.05) is 56.8 Å². The molecule has 0 radical (unpaired) electrons. The number of aromatic nitrogens is 1. The molecule has 0 aliphatic carbocycles. The Balaban J connectivity index is 1.41. The molecule has 0 bridgehead atoms. The zero-order chi connectivity index (χ0) is 18.5. The van der Waals surface area contributed by atoms with Gasteiger partial charge in [0.25, 0.3) is 0 Å². The number of carbonyl (C=O) groups excluding carboxylic acids is 1. The van der Waals surface area contributed by atoms with E-state index in [1.165, 1.54) is 12.1 Å². The van der Waals surface area contributed by atoms with Gasteiger partial charge in [0.1, 0.15) is 5.82 Å². The van der Waals surface area contributed by atoms with Gasteiger partial charge in [0.05, 0.1) is 10.7 Å². The molecule has 1 aromatic carbocycles. The van der Waals surface area contributed by atoms with Crippen molar-refractivity contribution in [1.29, 1.82) is 0 Å². The average molecular weight is 377 g/mol. The molecule has 0 N–H and O–H groups in total. The number of piperazine rings is 1. The van der Waals surface area contributed by atoms with Crippen LogP contribution in [0.5, 0.6) is 0 Å². The van der Waals surface area contributed by atoms with Gasteiger partial charge in [-0.2, -0.15) is 0 Å². The van der Waals surface area contributed by atoms with Crippen molar-refractivity contribution in [2.45, 2.75) is 19.9 Å². The molecular formula is C19H25FN4OS. The highest BCUT2D eigenvalue weighted by Crippen LogP contribution is 2.17. The van der Waals surface area contributed by atoms with Crippen LogP contribution in [0.3, 0.4) is 0 Å². The third kappa shape index (κ3) is 5.02. The molecule has 140 valence electrons. The quantitative estimate of drug-likeness (QED) is 0.777. The Labute approximate surface area is 158 Å². The van der Waals surface area contributed by atoms with E-state index in [9.17, 15) is 9.18 Å². The summed E-state index contributed by atoms with van der Waals surface area (Å²) in [5.74, 6) is -0.0236. The molecule has 1 aliphatic heterocycles. The lowest BCUT2D eigenvalue weighted by Crippen LogP contribution is -2.49. The molecule has 1 saturated heterocycles. The molecule has 0 saturated carbocycles. The zero-order valence-electron chi connectivity index (χ0n) is 15.3. The van der Waals surface area contributed by atoms with Crippen LogP contribution in [0.25, 0.3) is 0 Å². The first-order valence-electron chi connectivity index (χ1n) is 8.89. The van der Waals surface area contributed by atoms with Gasteiger partial charge in [-0.05, 0) is 38.2 Å². The van der Waals surface area contributed by atoms with Crippen LogP contribution in [0, 0.1) is 12.7 Å². The first kappa shape index (κ1) is 18.8. The lowest BCUT2D eigenvalue weighted by molar-refractivity contribution is -0.131. The summed E-state index contributed by atoms with van der Waals surface area (Å²) in [6.07, 6.45) is 0.524.